The number of imide groups is 1. The molecule has 0 radical (unpaired) electrons. The molecule has 3 aromatic rings. The van der Waals surface area contributed by atoms with E-state index in [-0.39, 0.29) is 17.0 Å². The lowest BCUT2D eigenvalue weighted by atomic mass is 9.91. The van der Waals surface area contributed by atoms with E-state index < -0.39 is 39.1 Å². The van der Waals surface area contributed by atoms with E-state index in [4.69, 9.17) is 0 Å². The van der Waals surface area contributed by atoms with Crippen molar-refractivity contribution in [1.82, 2.24) is 24.1 Å². The van der Waals surface area contributed by atoms with Crippen molar-refractivity contribution >= 4 is 33.0 Å². The van der Waals surface area contributed by atoms with Crippen LogP contribution < -0.4 is 5.32 Å². The Balaban J connectivity index is 1.73. The van der Waals surface area contributed by atoms with Crippen LogP contribution in [0.3, 0.4) is 0 Å². The van der Waals surface area contributed by atoms with E-state index in [1.54, 1.807) is 10.6 Å². The summed E-state index contributed by atoms with van der Waals surface area (Å²) in [6, 6.07) is 6.44. The van der Waals surface area contributed by atoms with Gasteiger partial charge in [0.25, 0.3) is 5.91 Å². The van der Waals surface area contributed by atoms with Crippen LogP contribution in [0.4, 0.5) is 13.6 Å². The summed E-state index contributed by atoms with van der Waals surface area (Å²) in [5.74, 6) is -1.99. The predicted molar refractivity (Wildman–Crippen MR) is 119 cm³/mol. The monoisotopic (exact) mass is 491 g/mol. The van der Waals surface area contributed by atoms with Gasteiger partial charge in [0.05, 0.1) is 22.5 Å². The zero-order valence-electron chi connectivity index (χ0n) is 19.0. The molecule has 2 heterocycles. The third-order valence-corrected chi connectivity index (χ3v) is 7.75. The molecule has 1 aliphatic rings. The number of sulfonamides is 1. The first-order valence-corrected chi connectivity index (χ1v) is 11.9. The number of rotatable bonds is 6. The van der Waals surface area contributed by atoms with E-state index in [0.717, 1.165) is 27.4 Å². The number of aromatic nitrogens is 2. The fourth-order valence-electron chi connectivity index (χ4n) is 4.05. The third kappa shape index (κ3) is 3.62. The highest BCUT2D eigenvalue weighted by Gasteiger charge is 2.50. The molecule has 0 saturated carbocycles. The quantitative estimate of drug-likeness (QED) is 0.534. The molecule has 1 N–H and O–H groups in total. The molecule has 3 amide bonds. The zero-order valence-corrected chi connectivity index (χ0v) is 19.8. The van der Waals surface area contributed by atoms with Crippen molar-refractivity contribution in [3.05, 3.63) is 59.4 Å². The van der Waals surface area contributed by atoms with Crippen LogP contribution in [0, 0.1) is 11.6 Å². The number of urea groups is 1. The smallest absolute Gasteiger partial charge is 0.325 e. The van der Waals surface area contributed by atoms with Crippen LogP contribution in [0.15, 0.2) is 41.3 Å². The Morgan fingerprint density at radius 2 is 1.82 bits per heavy atom. The second-order valence-corrected chi connectivity index (χ2v) is 10.4. The molecule has 4 rings (SSSR count). The molecule has 180 valence electrons. The molecule has 0 bridgehead atoms. The number of carbonyl (C=O) groups excluding carboxylic acids is 2. The van der Waals surface area contributed by atoms with Crippen molar-refractivity contribution < 1.29 is 26.8 Å². The van der Waals surface area contributed by atoms with Crippen molar-refractivity contribution in [3.8, 4) is 0 Å². The van der Waals surface area contributed by atoms with E-state index in [2.05, 4.69) is 10.3 Å². The summed E-state index contributed by atoms with van der Waals surface area (Å²) < 4.78 is 56.0. The average molecular weight is 492 g/mol. The maximum atomic E-state index is 14.4. The number of benzene rings is 2. The summed E-state index contributed by atoms with van der Waals surface area (Å²) >= 11 is 0. The Hall–Kier alpha value is -3.38. The largest absolute Gasteiger partial charge is 0.327 e. The van der Waals surface area contributed by atoms with Crippen LogP contribution in [0.2, 0.25) is 0 Å². The van der Waals surface area contributed by atoms with Crippen LogP contribution in [0.5, 0.6) is 0 Å². The van der Waals surface area contributed by atoms with Gasteiger partial charge in [-0.15, -0.1) is 0 Å². The Kier molecular flexibility index (Phi) is 5.68. The maximum Gasteiger partial charge on any atom is 0.325 e. The van der Waals surface area contributed by atoms with Gasteiger partial charge < -0.3 is 9.88 Å². The van der Waals surface area contributed by atoms with Gasteiger partial charge in [-0.2, -0.15) is 0 Å². The minimum atomic E-state index is -3.68. The molecular weight excluding hydrogens is 468 g/mol. The zero-order chi connectivity index (χ0) is 25.0. The summed E-state index contributed by atoms with van der Waals surface area (Å²) in [5.41, 5.74) is -1.07. The van der Waals surface area contributed by atoms with E-state index in [1.807, 2.05) is 6.92 Å². The molecule has 0 aliphatic carbocycles. The van der Waals surface area contributed by atoms with Crippen molar-refractivity contribution in [1.29, 1.82) is 0 Å². The molecule has 2 aromatic carbocycles. The third-order valence-electron chi connectivity index (χ3n) is 5.94. The lowest BCUT2D eigenvalue weighted by Gasteiger charge is -2.22. The van der Waals surface area contributed by atoms with E-state index in [0.29, 0.717) is 23.4 Å². The van der Waals surface area contributed by atoms with Crippen molar-refractivity contribution in [3.63, 3.8) is 0 Å². The number of fused-ring (bicyclic) bond motifs is 1. The highest BCUT2D eigenvalue weighted by Crippen LogP contribution is 2.32. The summed E-state index contributed by atoms with van der Waals surface area (Å²) in [6.45, 7) is 3.35. The fraction of sp³-hybridized carbons (Fsp3) is 0.318. The van der Waals surface area contributed by atoms with Gasteiger partial charge in [-0.05, 0) is 50.2 Å². The Labute approximate surface area is 195 Å². The van der Waals surface area contributed by atoms with Gasteiger partial charge in [0, 0.05) is 26.2 Å². The van der Waals surface area contributed by atoms with Gasteiger partial charge >= 0.3 is 6.03 Å². The van der Waals surface area contributed by atoms with Crippen LogP contribution in [-0.4, -0.2) is 53.2 Å². The first-order valence-electron chi connectivity index (χ1n) is 10.4. The Morgan fingerprint density at radius 3 is 2.47 bits per heavy atom. The van der Waals surface area contributed by atoms with Crippen LogP contribution in [0.1, 0.15) is 25.2 Å². The van der Waals surface area contributed by atoms with E-state index >= 15 is 0 Å². The Bertz CT molecular complexity index is 1440. The van der Waals surface area contributed by atoms with Gasteiger partial charge in [0.15, 0.2) is 0 Å². The topological polar surface area (TPSA) is 105 Å². The summed E-state index contributed by atoms with van der Waals surface area (Å²) in [6.07, 6.45) is 0. The van der Waals surface area contributed by atoms with Crippen LogP contribution in [0.25, 0.3) is 11.0 Å². The summed E-state index contributed by atoms with van der Waals surface area (Å²) in [5, 5.41) is 2.46. The van der Waals surface area contributed by atoms with Gasteiger partial charge in [-0.1, -0.05) is 0 Å². The number of amides is 3. The molecule has 1 atom stereocenters. The van der Waals surface area contributed by atoms with Crippen LogP contribution >= 0.6 is 0 Å². The summed E-state index contributed by atoms with van der Waals surface area (Å²) in [7, 11) is -0.838. The molecule has 9 nitrogen and oxygen atoms in total. The maximum absolute atomic E-state index is 14.4. The number of hydrogen-bond acceptors (Lipinski definition) is 5. The Morgan fingerprint density at radius 1 is 1.12 bits per heavy atom. The molecule has 1 unspecified atom stereocenters. The number of nitrogens with one attached hydrogen (secondary N) is 1. The number of imidazole rings is 1. The normalized spacial score (nSPS) is 18.9. The highest BCUT2D eigenvalue weighted by atomic mass is 32.2. The lowest BCUT2D eigenvalue weighted by Crippen LogP contribution is -2.41. The van der Waals surface area contributed by atoms with Gasteiger partial charge in [-0.3, -0.25) is 9.69 Å². The van der Waals surface area contributed by atoms with Gasteiger partial charge in [-0.25, -0.2) is 31.3 Å². The van der Waals surface area contributed by atoms with E-state index in [9.17, 15) is 26.8 Å². The van der Waals surface area contributed by atoms with E-state index in [1.165, 1.54) is 33.2 Å². The van der Waals surface area contributed by atoms with Gasteiger partial charge in [0.2, 0.25) is 10.0 Å². The highest BCUT2D eigenvalue weighted by molar-refractivity contribution is 7.89. The standard InChI is InChI=1S/C22H23F2N5O4S/c1-5-28-18-9-7-14(34(32,33)27(3)4)11-17(18)25-19(28)12-29-20(30)22(2,26-21(29)31)15-10-13(23)6-8-16(15)24/h6-11H,5,12H2,1-4H3,(H,26,31). The van der Waals surface area contributed by atoms with Crippen molar-refractivity contribution in [2.24, 2.45) is 0 Å². The minimum Gasteiger partial charge on any atom is -0.327 e. The van der Waals surface area contributed by atoms with Crippen molar-refractivity contribution in [2.75, 3.05) is 14.1 Å². The van der Waals surface area contributed by atoms with Crippen LogP contribution in [-0.2, 0) is 33.4 Å². The molecule has 0 spiro atoms. The van der Waals surface area contributed by atoms with Gasteiger partial charge in [0.1, 0.15) is 23.0 Å². The molecule has 1 aromatic heterocycles. The second kappa shape index (κ2) is 8.13. The molecule has 1 aliphatic heterocycles. The molecule has 1 fully saturated rings. The minimum absolute atomic E-state index is 0.0569. The van der Waals surface area contributed by atoms with Crippen molar-refractivity contribution in [2.45, 2.75) is 37.4 Å². The number of carbonyl (C=O) groups is 2. The lowest BCUT2D eigenvalue weighted by molar-refractivity contribution is -0.131. The molecular formula is C22H23F2N5O4S. The second-order valence-electron chi connectivity index (χ2n) is 8.28. The number of halogens is 2. The average Bonchev–Trinajstić information content (AvgIpc) is 3.24. The fourth-order valence-corrected chi connectivity index (χ4v) is 4.97. The SMILES string of the molecule is CCn1c(CN2C(=O)NC(C)(c3cc(F)ccc3F)C2=O)nc2cc(S(=O)(=O)N(C)C)ccc21. The number of nitrogens with zero attached hydrogens (tertiary/aromatic N) is 4. The first-order chi connectivity index (χ1) is 15.9. The molecule has 34 heavy (non-hydrogen) atoms. The molecule has 1 saturated heterocycles. The summed E-state index contributed by atoms with van der Waals surface area (Å²) in [4.78, 5) is 31.3. The molecule has 12 heteroatoms. The first kappa shape index (κ1) is 23.8. The predicted octanol–water partition coefficient (Wildman–Crippen LogP) is 2.55. The number of aryl methyl sites for hydroxylation is 1. The number of hydrogen-bond donors (Lipinski definition) is 1.